The molecule has 2 aliphatic heterocycles. The van der Waals surface area contributed by atoms with E-state index >= 15 is 0 Å². The van der Waals surface area contributed by atoms with Gasteiger partial charge in [0.05, 0.1) is 7.11 Å². The second kappa shape index (κ2) is 6.27. The molecule has 3 nitrogen and oxygen atoms in total. The van der Waals surface area contributed by atoms with Crippen molar-refractivity contribution in [2.24, 2.45) is 0 Å². The van der Waals surface area contributed by atoms with Crippen molar-refractivity contribution in [2.45, 2.75) is 32.2 Å². The van der Waals surface area contributed by atoms with Gasteiger partial charge in [0.1, 0.15) is 18.2 Å². The third-order valence-corrected chi connectivity index (χ3v) is 9.30. The molecule has 0 spiro atoms. The Hall–Kier alpha value is -1.62. The van der Waals surface area contributed by atoms with Crippen LogP contribution in [0.2, 0.25) is 6.55 Å². The van der Waals surface area contributed by atoms with Gasteiger partial charge < -0.3 is 21.9 Å². The lowest BCUT2D eigenvalue weighted by Crippen LogP contribution is -3.00. The van der Waals surface area contributed by atoms with Crippen LogP contribution < -0.4 is 27.5 Å². The minimum absolute atomic E-state index is 0. The van der Waals surface area contributed by atoms with Gasteiger partial charge in [0.15, 0.2) is 5.54 Å². The highest BCUT2D eigenvalue weighted by Crippen LogP contribution is 2.35. The Kier molecular flexibility index (Phi) is 4.56. The summed E-state index contributed by atoms with van der Waals surface area (Å²) in [6.07, 6.45) is 0.0338. The first-order valence-corrected chi connectivity index (χ1v) is 11.0. The molecule has 2 aliphatic rings. The van der Waals surface area contributed by atoms with Crippen LogP contribution in [0.4, 0.5) is 0 Å². The topological polar surface area (TPSA) is 21.5 Å². The minimum Gasteiger partial charge on any atom is -1.00 e. The smallest absolute Gasteiger partial charge is 0.284 e. The van der Waals surface area contributed by atoms with Crippen molar-refractivity contribution in [2.75, 3.05) is 13.7 Å². The monoisotopic (exact) mass is 373 g/mol. The Labute approximate surface area is 156 Å². The Morgan fingerprint density at radius 3 is 2.44 bits per heavy atom. The molecule has 2 aromatic rings. The highest BCUT2D eigenvalue weighted by molar-refractivity contribution is 7.19. The molecule has 2 heterocycles. The van der Waals surface area contributed by atoms with Crippen molar-refractivity contribution in [3.63, 3.8) is 0 Å². The normalized spacial score (nSPS) is 26.1. The number of fused-ring (bicyclic) bond motifs is 3. The van der Waals surface area contributed by atoms with Gasteiger partial charge in [-0.05, 0) is 22.5 Å². The molecule has 0 aromatic heterocycles. The maximum absolute atomic E-state index is 6.17. The molecule has 0 saturated carbocycles. The van der Waals surface area contributed by atoms with Gasteiger partial charge in [-0.15, -0.1) is 0 Å². The molecular weight excluding hydrogens is 350 g/mol. The highest BCUT2D eigenvalue weighted by Gasteiger charge is 2.54. The number of methoxy groups -OCH3 is 1. The fraction of sp³-hybridized carbons (Fsp3) is 0.350. The second-order valence-corrected chi connectivity index (χ2v) is 11.2. The van der Waals surface area contributed by atoms with E-state index < -0.39 is 8.07 Å². The molecule has 25 heavy (non-hydrogen) atoms. The summed E-state index contributed by atoms with van der Waals surface area (Å²) in [5.74, 6) is 3.46. The molecule has 0 aliphatic carbocycles. The molecule has 2 atom stereocenters. The summed E-state index contributed by atoms with van der Waals surface area (Å²) in [5.41, 5.74) is 1.32. The van der Waals surface area contributed by atoms with E-state index in [2.05, 4.69) is 73.3 Å². The van der Waals surface area contributed by atoms with E-state index in [9.17, 15) is 0 Å². The summed E-state index contributed by atoms with van der Waals surface area (Å²) in [5, 5.41) is 2.74. The van der Waals surface area contributed by atoms with E-state index in [4.69, 9.17) is 9.47 Å². The molecule has 4 rings (SSSR count). The van der Waals surface area contributed by atoms with Crippen LogP contribution in [0.3, 0.4) is 0 Å². The third-order valence-electron chi connectivity index (χ3n) is 5.40. The van der Waals surface area contributed by atoms with Crippen molar-refractivity contribution in [1.29, 1.82) is 0 Å². The summed E-state index contributed by atoms with van der Waals surface area (Å²) >= 11 is 0. The van der Waals surface area contributed by atoms with Crippen molar-refractivity contribution in [3.8, 4) is 5.75 Å². The lowest BCUT2D eigenvalue weighted by atomic mass is 10.1. The predicted molar refractivity (Wildman–Crippen MR) is 99.4 cm³/mol. The number of halogens is 1. The van der Waals surface area contributed by atoms with Crippen LogP contribution in [-0.4, -0.2) is 37.7 Å². The largest absolute Gasteiger partial charge is 1.00 e. The Bertz CT molecular complexity index is 836. The van der Waals surface area contributed by atoms with Crippen molar-refractivity contribution < 1.29 is 26.5 Å². The molecule has 1 saturated heterocycles. The number of para-hydroxylation sites is 1. The number of ether oxygens (including phenoxy) is 2. The minimum atomic E-state index is -2.08. The molecule has 0 amide bonds. The average Bonchev–Trinajstić information content (AvgIpc) is 2.90. The van der Waals surface area contributed by atoms with E-state index in [0.717, 1.165) is 12.4 Å². The van der Waals surface area contributed by atoms with Crippen molar-refractivity contribution in [1.82, 2.24) is 0 Å². The van der Waals surface area contributed by atoms with Crippen LogP contribution in [0.5, 0.6) is 5.75 Å². The molecular formula is C20H24ClNO2Si. The zero-order valence-electron chi connectivity index (χ0n) is 15.1. The predicted octanol–water partition coefficient (Wildman–Crippen LogP) is -0.664. The molecule has 0 radical (unpaired) electrons. The Morgan fingerprint density at radius 1 is 1.08 bits per heavy atom. The van der Waals surface area contributed by atoms with Gasteiger partial charge in [0, 0.05) is 19.4 Å². The maximum atomic E-state index is 6.17. The van der Waals surface area contributed by atoms with Crippen LogP contribution in [0, 0.1) is 0 Å². The molecule has 0 N–H and O–H groups in total. The molecule has 1 fully saturated rings. The quantitative estimate of drug-likeness (QED) is 0.514. The maximum Gasteiger partial charge on any atom is 0.284 e. The zero-order chi connectivity index (χ0) is 16.9. The summed E-state index contributed by atoms with van der Waals surface area (Å²) in [4.78, 5) is 0. The van der Waals surface area contributed by atoms with Gasteiger partial charge in [-0.2, -0.15) is 0 Å². The Morgan fingerprint density at radius 2 is 1.72 bits per heavy atom. The fourth-order valence-corrected chi connectivity index (χ4v) is 8.06. The third kappa shape index (κ3) is 2.64. The first-order chi connectivity index (χ1) is 11.5. The number of hydrogen-bond acceptors (Lipinski definition) is 2. The van der Waals surface area contributed by atoms with E-state index in [-0.39, 0.29) is 24.2 Å². The standard InChI is InChI=1S/C20H24NO2Si.ClH/c1-20(2)13-23-19-15-9-5-7-11-17(15)24(4,14-21(19)20)18-12-8-6-10-16(18)22-3;/h5-12,14,19H,13H2,1-4H3;1H/q+1;/p-1. The highest BCUT2D eigenvalue weighted by atomic mass is 35.5. The summed E-state index contributed by atoms with van der Waals surface area (Å²) in [7, 11) is -0.317. The van der Waals surface area contributed by atoms with E-state index in [1.165, 1.54) is 15.9 Å². The van der Waals surface area contributed by atoms with Crippen molar-refractivity contribution in [3.05, 3.63) is 54.1 Å². The molecule has 0 bridgehead atoms. The lowest BCUT2D eigenvalue weighted by Gasteiger charge is -2.32. The lowest BCUT2D eigenvalue weighted by molar-refractivity contribution is -0.628. The van der Waals surface area contributed by atoms with Crippen LogP contribution in [0.25, 0.3) is 0 Å². The number of rotatable bonds is 2. The molecule has 132 valence electrons. The summed E-state index contributed by atoms with van der Waals surface area (Å²) in [6, 6.07) is 17.2. The van der Waals surface area contributed by atoms with Crippen LogP contribution in [-0.2, 0) is 4.74 Å². The van der Waals surface area contributed by atoms with E-state index in [0.29, 0.717) is 0 Å². The van der Waals surface area contributed by atoms with E-state index in [1.807, 2.05) is 6.07 Å². The van der Waals surface area contributed by atoms with Crippen molar-refractivity contribution >= 4 is 24.3 Å². The number of benzene rings is 2. The molecule has 2 aromatic carbocycles. The fourth-order valence-electron chi connectivity index (χ4n) is 4.06. The first-order valence-electron chi connectivity index (χ1n) is 8.46. The zero-order valence-corrected chi connectivity index (χ0v) is 16.9. The molecule has 2 unspecified atom stereocenters. The van der Waals surface area contributed by atoms with Gasteiger partial charge in [-0.1, -0.05) is 42.9 Å². The molecule has 5 heteroatoms. The Balaban J connectivity index is 0.00000182. The van der Waals surface area contributed by atoms with Gasteiger partial charge in [0.25, 0.3) is 6.23 Å². The number of nitrogens with zero attached hydrogens (tertiary/aromatic N) is 1. The second-order valence-electron chi connectivity index (χ2n) is 7.50. The van der Waals surface area contributed by atoms with Gasteiger partial charge in [0.2, 0.25) is 8.07 Å². The van der Waals surface area contributed by atoms with Crippen LogP contribution >= 0.6 is 0 Å². The van der Waals surface area contributed by atoms with E-state index in [1.54, 1.807) is 7.11 Å². The van der Waals surface area contributed by atoms with Gasteiger partial charge in [-0.25, -0.2) is 4.58 Å². The van der Waals surface area contributed by atoms with Crippen LogP contribution in [0.15, 0.2) is 48.5 Å². The van der Waals surface area contributed by atoms with Gasteiger partial charge in [-0.3, -0.25) is 0 Å². The average molecular weight is 374 g/mol. The van der Waals surface area contributed by atoms with Crippen LogP contribution in [0.1, 0.15) is 25.6 Å². The summed E-state index contributed by atoms with van der Waals surface area (Å²) in [6.45, 7) is 7.68. The van der Waals surface area contributed by atoms with Gasteiger partial charge >= 0.3 is 0 Å². The SMILES string of the molecule is COc1ccccc1[Si]1(C)C=[N+]2C(OCC2(C)C)c2ccccc21.[Cl-]. The number of hydrogen-bond donors (Lipinski definition) is 0. The first kappa shape index (κ1) is 18.2. The summed E-state index contributed by atoms with van der Waals surface area (Å²) < 4.78 is 14.3.